The van der Waals surface area contributed by atoms with Crippen molar-refractivity contribution in [3.05, 3.63) is 6.39 Å². The minimum atomic E-state index is 0.833. The van der Waals surface area contributed by atoms with E-state index in [0.29, 0.717) is 0 Å². The Bertz CT molecular complexity index is 95.8. The summed E-state index contributed by atoms with van der Waals surface area (Å²) in [6, 6.07) is 0. The van der Waals surface area contributed by atoms with Crippen molar-refractivity contribution < 1.29 is 4.52 Å². The van der Waals surface area contributed by atoms with Crippen LogP contribution in [0.5, 0.6) is 0 Å². The van der Waals surface area contributed by atoms with Crippen molar-refractivity contribution in [2.75, 3.05) is 0 Å². The van der Waals surface area contributed by atoms with E-state index in [-0.39, 0.29) is 0 Å². The Balaban J connectivity index is 0.000000148. The second kappa shape index (κ2) is 5.21. The van der Waals surface area contributed by atoms with Gasteiger partial charge in [0.25, 0.3) is 0 Å². The molecular formula is C5H11N3O. The molecule has 0 aliphatic carbocycles. The third-order valence-electron chi connectivity index (χ3n) is 0.230. The predicted molar refractivity (Wildman–Crippen MR) is 32.6 cm³/mol. The maximum absolute atomic E-state index is 4.11. The van der Waals surface area contributed by atoms with Crippen molar-refractivity contribution in [2.24, 2.45) is 5.92 Å². The van der Waals surface area contributed by atoms with Crippen LogP contribution in [0.15, 0.2) is 10.9 Å². The van der Waals surface area contributed by atoms with Crippen LogP contribution in [0.25, 0.3) is 0 Å². The molecule has 0 aliphatic rings. The highest BCUT2D eigenvalue weighted by atomic mass is 16.5. The van der Waals surface area contributed by atoms with E-state index in [2.05, 4.69) is 40.9 Å². The smallest absolute Gasteiger partial charge is 0.235 e. The highest BCUT2D eigenvalue weighted by molar-refractivity contribution is 4.20. The van der Waals surface area contributed by atoms with Gasteiger partial charge in [0.15, 0.2) is 0 Å². The standard InChI is InChI=1S/C4H10.CHN3O/c1-4(2)3;1-2-3-4-5-1/h4H,1-3H3;1H. The van der Waals surface area contributed by atoms with Crippen molar-refractivity contribution in [3.63, 3.8) is 0 Å². The Morgan fingerprint density at radius 2 is 1.89 bits per heavy atom. The van der Waals surface area contributed by atoms with E-state index in [1.54, 1.807) is 0 Å². The normalized spacial score (nSPS) is 8.44. The molecule has 0 amide bonds. The molecule has 52 valence electrons. The molecule has 0 saturated carbocycles. The van der Waals surface area contributed by atoms with E-state index in [1.165, 1.54) is 0 Å². The van der Waals surface area contributed by atoms with Crippen LogP contribution < -0.4 is 0 Å². The monoisotopic (exact) mass is 129 g/mol. The first-order valence-electron chi connectivity index (χ1n) is 2.81. The van der Waals surface area contributed by atoms with Crippen LogP contribution in [0, 0.1) is 5.92 Å². The van der Waals surface area contributed by atoms with E-state index in [4.69, 9.17) is 0 Å². The number of hydrogen-bond acceptors (Lipinski definition) is 4. The van der Waals surface area contributed by atoms with Gasteiger partial charge in [-0.15, -0.1) is 0 Å². The van der Waals surface area contributed by atoms with Crippen LogP contribution in [-0.2, 0) is 0 Å². The van der Waals surface area contributed by atoms with Crippen LogP contribution in [-0.4, -0.2) is 15.6 Å². The van der Waals surface area contributed by atoms with Crippen molar-refractivity contribution in [2.45, 2.75) is 20.8 Å². The van der Waals surface area contributed by atoms with Gasteiger partial charge in [0.2, 0.25) is 6.39 Å². The van der Waals surface area contributed by atoms with Crippen LogP contribution in [0.4, 0.5) is 0 Å². The molecular weight excluding hydrogens is 118 g/mol. The number of aromatic nitrogens is 3. The summed E-state index contributed by atoms with van der Waals surface area (Å²) in [7, 11) is 0. The Morgan fingerprint density at radius 3 is 2.00 bits per heavy atom. The summed E-state index contributed by atoms with van der Waals surface area (Å²) in [6.07, 6.45) is 1.15. The molecule has 1 aromatic heterocycles. The molecule has 0 saturated heterocycles. The number of nitrogens with zero attached hydrogens (tertiary/aromatic N) is 3. The van der Waals surface area contributed by atoms with Gasteiger partial charge in [-0.3, -0.25) is 0 Å². The maximum atomic E-state index is 4.11. The lowest BCUT2D eigenvalue weighted by Gasteiger charge is -1.79. The molecule has 0 aliphatic heterocycles. The minimum absolute atomic E-state index is 0.833. The molecule has 4 heteroatoms. The van der Waals surface area contributed by atoms with E-state index in [1.807, 2.05) is 0 Å². The second-order valence-corrected chi connectivity index (χ2v) is 2.23. The lowest BCUT2D eigenvalue weighted by Crippen LogP contribution is -1.66. The highest BCUT2D eigenvalue weighted by Crippen LogP contribution is 1.81. The number of rotatable bonds is 0. The van der Waals surface area contributed by atoms with Crippen LogP contribution in [0.2, 0.25) is 0 Å². The summed E-state index contributed by atoms with van der Waals surface area (Å²) in [4.78, 5) is 0. The summed E-state index contributed by atoms with van der Waals surface area (Å²) in [6.45, 7) is 6.50. The van der Waals surface area contributed by atoms with E-state index >= 15 is 0 Å². The first-order valence-corrected chi connectivity index (χ1v) is 2.81. The average molecular weight is 129 g/mol. The molecule has 0 aromatic carbocycles. The zero-order chi connectivity index (χ0) is 7.11. The Morgan fingerprint density at radius 1 is 1.33 bits per heavy atom. The van der Waals surface area contributed by atoms with Crippen molar-refractivity contribution in [1.29, 1.82) is 0 Å². The quantitative estimate of drug-likeness (QED) is 0.526. The first-order chi connectivity index (χ1) is 4.23. The van der Waals surface area contributed by atoms with Gasteiger partial charge in [-0.2, -0.15) is 0 Å². The first kappa shape index (κ1) is 8.07. The van der Waals surface area contributed by atoms with Gasteiger partial charge in [0, 0.05) is 0 Å². The molecule has 1 heterocycles. The maximum Gasteiger partial charge on any atom is 0.235 e. The van der Waals surface area contributed by atoms with Gasteiger partial charge in [-0.05, 0) is 11.1 Å². The zero-order valence-corrected chi connectivity index (χ0v) is 5.90. The fraction of sp³-hybridized carbons (Fsp3) is 0.800. The molecule has 9 heavy (non-hydrogen) atoms. The zero-order valence-electron chi connectivity index (χ0n) is 5.90. The summed E-state index contributed by atoms with van der Waals surface area (Å²) < 4.78 is 4.11. The van der Waals surface area contributed by atoms with Crippen molar-refractivity contribution in [3.8, 4) is 0 Å². The molecule has 4 nitrogen and oxygen atoms in total. The van der Waals surface area contributed by atoms with Crippen LogP contribution in [0.3, 0.4) is 0 Å². The fourth-order valence-electron chi connectivity index (χ4n) is 0.105. The third kappa shape index (κ3) is 11.0. The molecule has 1 rings (SSSR count). The number of hydrogen-bond donors (Lipinski definition) is 0. The molecule has 1 aromatic rings. The Kier molecular flexibility index (Phi) is 4.67. The molecule has 0 unspecified atom stereocenters. The summed E-state index contributed by atoms with van der Waals surface area (Å²) >= 11 is 0. The lowest BCUT2D eigenvalue weighted by molar-refractivity contribution is 0.392. The van der Waals surface area contributed by atoms with Gasteiger partial charge in [0.05, 0.1) is 5.27 Å². The summed E-state index contributed by atoms with van der Waals surface area (Å²) in [5.41, 5.74) is 0. The van der Waals surface area contributed by atoms with Crippen molar-refractivity contribution >= 4 is 0 Å². The van der Waals surface area contributed by atoms with Gasteiger partial charge in [0.1, 0.15) is 0 Å². The topological polar surface area (TPSA) is 51.8 Å². The SMILES string of the molecule is CC(C)C.c1nnno1. The molecule has 0 spiro atoms. The van der Waals surface area contributed by atoms with E-state index in [9.17, 15) is 0 Å². The van der Waals surface area contributed by atoms with Crippen molar-refractivity contribution in [1.82, 2.24) is 15.6 Å². The van der Waals surface area contributed by atoms with Gasteiger partial charge >= 0.3 is 0 Å². The fourth-order valence-corrected chi connectivity index (χ4v) is 0.105. The molecule has 0 N–H and O–H groups in total. The van der Waals surface area contributed by atoms with E-state index < -0.39 is 0 Å². The van der Waals surface area contributed by atoms with Gasteiger partial charge < -0.3 is 4.52 Å². The minimum Gasteiger partial charge on any atom is -0.324 e. The molecule has 0 radical (unpaired) electrons. The van der Waals surface area contributed by atoms with Gasteiger partial charge in [-0.25, -0.2) is 0 Å². The Hall–Kier alpha value is -0.930. The average Bonchev–Trinajstić information content (AvgIpc) is 2.11. The lowest BCUT2D eigenvalue weighted by atomic mass is 10.3. The molecule has 0 fully saturated rings. The third-order valence-corrected chi connectivity index (χ3v) is 0.230. The predicted octanol–water partition coefficient (Wildman–Crippen LogP) is 1.13. The molecule has 0 atom stereocenters. The molecule has 0 bridgehead atoms. The van der Waals surface area contributed by atoms with Crippen LogP contribution >= 0.6 is 0 Å². The Labute approximate surface area is 54.2 Å². The second-order valence-electron chi connectivity index (χ2n) is 2.23. The summed E-state index contributed by atoms with van der Waals surface area (Å²) in [5, 5.41) is 9.24. The van der Waals surface area contributed by atoms with Gasteiger partial charge in [-0.1, -0.05) is 25.9 Å². The highest BCUT2D eigenvalue weighted by Gasteiger charge is 1.68. The van der Waals surface area contributed by atoms with E-state index in [0.717, 1.165) is 12.3 Å². The van der Waals surface area contributed by atoms with Crippen LogP contribution in [0.1, 0.15) is 20.8 Å². The largest absolute Gasteiger partial charge is 0.324 e. The summed E-state index contributed by atoms with van der Waals surface area (Å²) in [5.74, 6) is 0.833.